The fraction of sp³-hybridized carbons (Fsp3) is 0.400. The maximum absolute atomic E-state index is 12.7. The van der Waals surface area contributed by atoms with E-state index in [0.29, 0.717) is 5.89 Å². The Morgan fingerprint density at radius 2 is 1.83 bits per heavy atom. The zero-order valence-electron chi connectivity index (χ0n) is 20.2. The van der Waals surface area contributed by atoms with Gasteiger partial charge in [-0.25, -0.2) is 4.98 Å². The van der Waals surface area contributed by atoms with Gasteiger partial charge in [-0.3, -0.25) is 9.59 Å². The van der Waals surface area contributed by atoms with Crippen molar-refractivity contribution in [1.29, 1.82) is 0 Å². The van der Waals surface area contributed by atoms with Gasteiger partial charge in [-0.15, -0.1) is 0 Å². The molecule has 1 aliphatic rings. The molecule has 0 saturated heterocycles. The largest absolute Gasteiger partial charge is 0.392 e. The first-order valence-corrected chi connectivity index (χ1v) is 11.4. The zero-order valence-corrected chi connectivity index (χ0v) is 20.2. The quantitative estimate of drug-likeness (QED) is 0.502. The lowest BCUT2D eigenvalue weighted by atomic mass is 9.97. The molecule has 2 aromatic heterocycles. The van der Waals surface area contributed by atoms with Crippen molar-refractivity contribution in [2.75, 3.05) is 5.32 Å². The zero-order chi connectivity index (χ0) is 26.3. The topological polar surface area (TPSA) is 110 Å². The summed E-state index contributed by atoms with van der Waals surface area (Å²) < 4.78 is 43.4. The molecule has 36 heavy (non-hydrogen) atoms. The van der Waals surface area contributed by atoms with E-state index in [2.05, 4.69) is 25.8 Å². The number of nitrogens with one attached hydrogen (secondary N) is 2. The SMILES string of the molecule is Cc1cc(-c2ccnc(NC(=O)[C@H]3C[C@@H]3C(F)(F)F)c2)ccc1CNC(=O)c1noc(C(C)(C)C)n1. The second-order valence-corrected chi connectivity index (χ2v) is 9.91. The number of alkyl halides is 3. The third kappa shape index (κ3) is 5.72. The van der Waals surface area contributed by atoms with Gasteiger partial charge < -0.3 is 15.2 Å². The molecule has 1 saturated carbocycles. The van der Waals surface area contributed by atoms with Crippen molar-refractivity contribution in [2.24, 2.45) is 11.8 Å². The van der Waals surface area contributed by atoms with Crippen LogP contribution in [0.5, 0.6) is 0 Å². The predicted molar refractivity (Wildman–Crippen MR) is 125 cm³/mol. The van der Waals surface area contributed by atoms with Crippen LogP contribution < -0.4 is 10.6 Å². The lowest BCUT2D eigenvalue weighted by molar-refractivity contribution is -0.153. The minimum absolute atomic E-state index is 0.0340. The van der Waals surface area contributed by atoms with E-state index in [9.17, 15) is 22.8 Å². The van der Waals surface area contributed by atoms with E-state index in [4.69, 9.17) is 4.52 Å². The highest BCUT2D eigenvalue weighted by Gasteiger charge is 2.58. The van der Waals surface area contributed by atoms with Gasteiger partial charge in [0.15, 0.2) is 0 Å². The lowest BCUT2D eigenvalue weighted by Gasteiger charge is -2.11. The van der Waals surface area contributed by atoms with Gasteiger partial charge in [0.25, 0.3) is 11.7 Å². The molecule has 0 radical (unpaired) electrons. The summed E-state index contributed by atoms with van der Waals surface area (Å²) in [5, 5.41) is 9.00. The van der Waals surface area contributed by atoms with Crippen LogP contribution in [0.3, 0.4) is 0 Å². The minimum atomic E-state index is -4.36. The summed E-state index contributed by atoms with van der Waals surface area (Å²) in [6.07, 6.45) is -3.08. The first kappa shape index (κ1) is 25.3. The summed E-state index contributed by atoms with van der Waals surface area (Å²) in [6, 6.07) is 8.97. The Bertz CT molecular complexity index is 1300. The number of nitrogens with zero attached hydrogens (tertiary/aromatic N) is 3. The number of carbonyl (C=O) groups is 2. The Labute approximate surface area is 205 Å². The van der Waals surface area contributed by atoms with Crippen molar-refractivity contribution in [2.45, 2.75) is 52.3 Å². The number of carbonyl (C=O) groups excluding carboxylic acids is 2. The molecule has 4 rings (SSSR count). The number of benzene rings is 1. The fourth-order valence-electron chi connectivity index (χ4n) is 3.69. The first-order chi connectivity index (χ1) is 16.8. The van der Waals surface area contributed by atoms with Crippen molar-refractivity contribution in [3.05, 3.63) is 59.4 Å². The van der Waals surface area contributed by atoms with Gasteiger partial charge in [-0.2, -0.15) is 18.2 Å². The van der Waals surface area contributed by atoms with Crippen molar-refractivity contribution >= 4 is 17.6 Å². The average molecular weight is 502 g/mol. The number of hydrogen-bond acceptors (Lipinski definition) is 6. The van der Waals surface area contributed by atoms with Crippen LogP contribution >= 0.6 is 0 Å². The Morgan fingerprint density at radius 1 is 1.11 bits per heavy atom. The number of aryl methyl sites for hydroxylation is 1. The smallest absolute Gasteiger partial charge is 0.345 e. The van der Waals surface area contributed by atoms with Crippen molar-refractivity contribution in [3.63, 3.8) is 0 Å². The van der Waals surface area contributed by atoms with Crippen LogP contribution in [0.1, 0.15) is 54.8 Å². The van der Waals surface area contributed by atoms with Gasteiger partial charge in [-0.1, -0.05) is 44.1 Å². The van der Waals surface area contributed by atoms with Crippen LogP contribution in [-0.4, -0.2) is 33.1 Å². The summed E-state index contributed by atoms with van der Waals surface area (Å²) in [4.78, 5) is 32.8. The van der Waals surface area contributed by atoms with E-state index in [1.165, 1.54) is 6.20 Å². The molecular weight excluding hydrogens is 475 g/mol. The standard InChI is InChI=1S/C25H26F3N5O3/c1-13-9-14(5-6-16(13)12-30-22(35)20-32-23(36-33-20)24(2,3)4)15-7-8-29-19(10-15)31-21(34)17-11-18(17)25(26,27)28/h5-10,17-18H,11-12H2,1-4H3,(H,30,35)(H,29,31,34)/t17-,18-/m0/s1. The van der Waals surface area contributed by atoms with Gasteiger partial charge in [-0.05, 0) is 47.7 Å². The van der Waals surface area contributed by atoms with Gasteiger partial charge in [0.05, 0.1) is 11.8 Å². The molecule has 11 heteroatoms. The summed E-state index contributed by atoms with van der Waals surface area (Å²) >= 11 is 0. The number of anilines is 1. The Morgan fingerprint density at radius 3 is 2.44 bits per heavy atom. The van der Waals surface area contributed by atoms with Gasteiger partial charge in [0.2, 0.25) is 11.8 Å². The number of amides is 2. The predicted octanol–water partition coefficient (Wildman–Crippen LogP) is 4.80. The highest BCUT2D eigenvalue weighted by atomic mass is 19.4. The Kier molecular flexibility index (Phi) is 6.59. The molecule has 1 fully saturated rings. The summed E-state index contributed by atoms with van der Waals surface area (Å²) in [5.41, 5.74) is 2.99. The van der Waals surface area contributed by atoms with Crippen molar-refractivity contribution < 1.29 is 27.3 Å². The first-order valence-electron chi connectivity index (χ1n) is 11.4. The van der Waals surface area contributed by atoms with Crippen LogP contribution in [-0.2, 0) is 16.8 Å². The summed E-state index contributed by atoms with van der Waals surface area (Å²) in [6.45, 7) is 7.87. The van der Waals surface area contributed by atoms with Crippen LogP contribution in [0, 0.1) is 18.8 Å². The molecule has 2 atom stereocenters. The molecule has 2 amide bonds. The Hall–Kier alpha value is -3.76. The second-order valence-electron chi connectivity index (χ2n) is 9.91. The van der Waals surface area contributed by atoms with E-state index >= 15 is 0 Å². The molecule has 0 bridgehead atoms. The molecule has 0 aliphatic heterocycles. The summed E-state index contributed by atoms with van der Waals surface area (Å²) in [5.74, 6) is -3.26. The van der Waals surface area contributed by atoms with Crippen molar-refractivity contribution in [3.8, 4) is 11.1 Å². The second kappa shape index (κ2) is 9.36. The van der Waals surface area contributed by atoms with Gasteiger partial charge in [0.1, 0.15) is 5.82 Å². The monoisotopic (exact) mass is 501 g/mol. The number of pyridine rings is 1. The maximum Gasteiger partial charge on any atom is 0.392 e. The number of halogens is 3. The normalized spacial score (nSPS) is 17.5. The van der Waals surface area contributed by atoms with Crippen LogP contribution in [0.4, 0.5) is 19.0 Å². The molecule has 2 heterocycles. The molecule has 0 unspecified atom stereocenters. The number of hydrogen-bond donors (Lipinski definition) is 2. The molecule has 2 N–H and O–H groups in total. The van der Waals surface area contributed by atoms with Crippen molar-refractivity contribution in [1.82, 2.24) is 20.4 Å². The minimum Gasteiger partial charge on any atom is -0.345 e. The molecule has 1 aromatic carbocycles. The fourth-order valence-corrected chi connectivity index (χ4v) is 3.69. The van der Waals surface area contributed by atoms with E-state index in [0.717, 1.165) is 22.3 Å². The number of rotatable bonds is 6. The van der Waals surface area contributed by atoms with E-state index in [1.807, 2.05) is 45.9 Å². The summed E-state index contributed by atoms with van der Waals surface area (Å²) in [7, 11) is 0. The number of aromatic nitrogens is 3. The van der Waals surface area contributed by atoms with E-state index < -0.39 is 29.8 Å². The average Bonchev–Trinajstić information content (AvgIpc) is 3.47. The Balaban J connectivity index is 1.39. The van der Waals surface area contributed by atoms with Gasteiger partial charge in [0, 0.05) is 18.2 Å². The van der Waals surface area contributed by atoms with Gasteiger partial charge >= 0.3 is 6.18 Å². The van der Waals surface area contributed by atoms with Crippen LogP contribution in [0.2, 0.25) is 0 Å². The molecule has 1 aliphatic carbocycles. The highest BCUT2D eigenvalue weighted by Crippen LogP contribution is 2.50. The third-order valence-electron chi connectivity index (χ3n) is 5.94. The lowest BCUT2D eigenvalue weighted by Crippen LogP contribution is -2.24. The third-order valence-corrected chi connectivity index (χ3v) is 5.94. The molecule has 0 spiro atoms. The molecule has 3 aromatic rings. The van der Waals surface area contributed by atoms with Crippen LogP contribution in [0.15, 0.2) is 41.1 Å². The van der Waals surface area contributed by atoms with E-state index in [-0.39, 0.29) is 30.0 Å². The highest BCUT2D eigenvalue weighted by molar-refractivity contribution is 5.94. The molecule has 190 valence electrons. The van der Waals surface area contributed by atoms with E-state index in [1.54, 1.807) is 12.1 Å². The molecule has 8 nitrogen and oxygen atoms in total. The van der Waals surface area contributed by atoms with Crippen LogP contribution in [0.25, 0.3) is 11.1 Å². The maximum atomic E-state index is 12.7. The molecular formula is C25H26F3N5O3.